The number of halogens is 1. The predicted molar refractivity (Wildman–Crippen MR) is 110 cm³/mol. The summed E-state index contributed by atoms with van der Waals surface area (Å²) in [4.78, 5) is 8.60. The predicted octanol–water partition coefficient (Wildman–Crippen LogP) is 2.36. The number of hydrogen-bond acceptors (Lipinski definition) is 3. The molecule has 0 radical (unpaired) electrons. The van der Waals surface area contributed by atoms with Crippen LogP contribution in [-0.4, -0.2) is 57.9 Å². The van der Waals surface area contributed by atoms with Gasteiger partial charge in [-0.2, -0.15) is 0 Å². The van der Waals surface area contributed by atoms with Crippen molar-refractivity contribution < 1.29 is 8.42 Å². The molecule has 0 bridgehead atoms. The maximum atomic E-state index is 12.6. The van der Waals surface area contributed by atoms with Gasteiger partial charge in [-0.25, -0.2) is 18.1 Å². The van der Waals surface area contributed by atoms with E-state index in [1.807, 2.05) is 64.8 Å². The molecule has 1 aromatic carbocycles. The monoisotopic (exact) mass is 468 g/mol. The van der Waals surface area contributed by atoms with Crippen molar-refractivity contribution in [3.05, 3.63) is 29.8 Å². The van der Waals surface area contributed by atoms with Crippen LogP contribution in [0.1, 0.15) is 26.3 Å². The molecule has 0 spiro atoms. The van der Waals surface area contributed by atoms with Gasteiger partial charge in [-0.05, 0) is 32.4 Å². The molecule has 8 heteroatoms. The molecule has 0 amide bonds. The van der Waals surface area contributed by atoms with Crippen LogP contribution in [0.2, 0.25) is 0 Å². The van der Waals surface area contributed by atoms with E-state index in [0.717, 1.165) is 5.96 Å². The molecule has 0 unspecified atom stereocenters. The molecule has 138 valence electrons. The number of nitrogens with zero attached hydrogens (tertiary/aromatic N) is 3. The van der Waals surface area contributed by atoms with Gasteiger partial charge in [0.1, 0.15) is 0 Å². The van der Waals surface area contributed by atoms with Crippen molar-refractivity contribution in [2.45, 2.75) is 37.8 Å². The Morgan fingerprint density at radius 3 is 2.04 bits per heavy atom. The molecule has 0 atom stereocenters. The standard InChI is InChI=1S/C16H28N4O2S.HI/c1-16(2,3)18-23(21,22)14-11-9-8-10-13(14)12-17-15(19(4)5)20(6)7;/h8-11,18H,12H2,1-7H3;1H. The number of sulfonamides is 1. The molecule has 0 aliphatic heterocycles. The fourth-order valence-corrected chi connectivity index (χ4v) is 3.85. The number of benzene rings is 1. The minimum atomic E-state index is -3.58. The molecular formula is C16H29IN4O2S. The van der Waals surface area contributed by atoms with E-state index >= 15 is 0 Å². The van der Waals surface area contributed by atoms with Crippen molar-refractivity contribution in [3.8, 4) is 0 Å². The first kappa shape index (κ1) is 23.1. The van der Waals surface area contributed by atoms with E-state index in [0.29, 0.717) is 12.1 Å². The van der Waals surface area contributed by atoms with Gasteiger partial charge in [-0.15, -0.1) is 24.0 Å². The Hall–Kier alpha value is -0.870. The van der Waals surface area contributed by atoms with Gasteiger partial charge in [-0.1, -0.05) is 18.2 Å². The van der Waals surface area contributed by atoms with Crippen molar-refractivity contribution in [2.75, 3.05) is 28.2 Å². The van der Waals surface area contributed by atoms with Gasteiger partial charge in [-0.3, -0.25) is 0 Å². The third-order valence-electron chi connectivity index (χ3n) is 2.89. The van der Waals surface area contributed by atoms with Crippen LogP contribution in [0.15, 0.2) is 34.2 Å². The fourth-order valence-electron chi connectivity index (χ4n) is 2.19. The number of aliphatic imine (C=N–C) groups is 1. The van der Waals surface area contributed by atoms with Gasteiger partial charge in [0.25, 0.3) is 0 Å². The lowest BCUT2D eigenvalue weighted by molar-refractivity contribution is 0.478. The van der Waals surface area contributed by atoms with Crippen molar-refractivity contribution in [1.29, 1.82) is 0 Å². The smallest absolute Gasteiger partial charge is 0.241 e. The van der Waals surface area contributed by atoms with Gasteiger partial charge in [0.2, 0.25) is 10.0 Å². The van der Waals surface area contributed by atoms with E-state index in [-0.39, 0.29) is 28.9 Å². The van der Waals surface area contributed by atoms with Crippen molar-refractivity contribution in [1.82, 2.24) is 14.5 Å². The Bertz CT molecular complexity index is 655. The molecule has 24 heavy (non-hydrogen) atoms. The second kappa shape index (κ2) is 9.00. The molecule has 0 heterocycles. The first-order valence-electron chi connectivity index (χ1n) is 7.45. The minimum Gasteiger partial charge on any atom is -0.349 e. The van der Waals surface area contributed by atoms with Crippen LogP contribution in [0, 0.1) is 0 Å². The summed E-state index contributed by atoms with van der Waals surface area (Å²) >= 11 is 0. The number of nitrogens with one attached hydrogen (secondary N) is 1. The molecule has 1 aromatic rings. The average molecular weight is 468 g/mol. The molecule has 0 saturated carbocycles. The summed E-state index contributed by atoms with van der Waals surface area (Å²) < 4.78 is 27.9. The first-order chi connectivity index (χ1) is 10.4. The van der Waals surface area contributed by atoms with Gasteiger partial charge >= 0.3 is 0 Å². The Kier molecular flexibility index (Phi) is 8.68. The van der Waals surface area contributed by atoms with Gasteiger partial charge in [0.05, 0.1) is 11.4 Å². The second-order valence-corrected chi connectivity index (χ2v) is 8.52. The van der Waals surface area contributed by atoms with Crippen LogP contribution in [0.4, 0.5) is 0 Å². The molecule has 0 fully saturated rings. The maximum absolute atomic E-state index is 12.6. The number of hydrogen-bond donors (Lipinski definition) is 1. The summed E-state index contributed by atoms with van der Waals surface area (Å²) in [6.07, 6.45) is 0. The minimum absolute atomic E-state index is 0. The molecule has 1 rings (SSSR count). The normalized spacial score (nSPS) is 11.5. The Balaban J connectivity index is 0.00000529. The Morgan fingerprint density at radius 1 is 1.08 bits per heavy atom. The summed E-state index contributed by atoms with van der Waals surface area (Å²) in [5, 5.41) is 0. The highest BCUT2D eigenvalue weighted by Crippen LogP contribution is 2.18. The van der Waals surface area contributed by atoms with Crippen LogP contribution >= 0.6 is 24.0 Å². The first-order valence-corrected chi connectivity index (χ1v) is 8.93. The molecule has 0 aliphatic carbocycles. The highest BCUT2D eigenvalue weighted by atomic mass is 127. The molecular weight excluding hydrogens is 439 g/mol. The van der Waals surface area contributed by atoms with Crippen molar-refractivity contribution >= 4 is 40.0 Å². The Labute approximate surface area is 163 Å². The maximum Gasteiger partial charge on any atom is 0.241 e. The number of guanidine groups is 1. The molecule has 0 saturated heterocycles. The number of rotatable bonds is 4. The zero-order valence-corrected chi connectivity index (χ0v) is 18.6. The fraction of sp³-hybridized carbons (Fsp3) is 0.562. The van der Waals surface area contributed by atoms with Crippen LogP contribution in [0.25, 0.3) is 0 Å². The van der Waals surface area contributed by atoms with E-state index in [9.17, 15) is 8.42 Å². The lowest BCUT2D eigenvalue weighted by Gasteiger charge is -2.23. The van der Waals surface area contributed by atoms with Crippen LogP contribution < -0.4 is 4.72 Å². The molecule has 1 N–H and O–H groups in total. The summed E-state index contributed by atoms with van der Waals surface area (Å²) in [5.41, 5.74) is 0.138. The van der Waals surface area contributed by atoms with E-state index in [4.69, 9.17) is 0 Å². The van der Waals surface area contributed by atoms with Gasteiger partial charge in [0.15, 0.2) is 5.96 Å². The van der Waals surface area contributed by atoms with Gasteiger partial charge < -0.3 is 9.80 Å². The third kappa shape index (κ3) is 6.94. The van der Waals surface area contributed by atoms with Crippen LogP contribution in [-0.2, 0) is 16.6 Å². The third-order valence-corrected chi connectivity index (χ3v) is 4.75. The van der Waals surface area contributed by atoms with E-state index in [1.54, 1.807) is 18.2 Å². The summed E-state index contributed by atoms with van der Waals surface area (Å²) in [6, 6.07) is 6.96. The van der Waals surface area contributed by atoms with Crippen molar-refractivity contribution in [2.24, 2.45) is 4.99 Å². The zero-order valence-electron chi connectivity index (χ0n) is 15.5. The van der Waals surface area contributed by atoms with E-state index < -0.39 is 15.6 Å². The summed E-state index contributed by atoms with van der Waals surface area (Å²) in [6.45, 7) is 5.76. The lowest BCUT2D eigenvalue weighted by Crippen LogP contribution is -2.40. The van der Waals surface area contributed by atoms with E-state index in [1.165, 1.54) is 0 Å². The SMILES string of the molecule is CN(C)C(=NCc1ccccc1S(=O)(=O)NC(C)(C)C)N(C)C.I. The Morgan fingerprint density at radius 2 is 1.58 bits per heavy atom. The van der Waals surface area contributed by atoms with Crippen molar-refractivity contribution in [3.63, 3.8) is 0 Å². The molecule has 6 nitrogen and oxygen atoms in total. The second-order valence-electron chi connectivity index (χ2n) is 6.87. The lowest BCUT2D eigenvalue weighted by atomic mass is 10.1. The quantitative estimate of drug-likeness (QED) is 0.419. The van der Waals surface area contributed by atoms with Crippen LogP contribution in [0.3, 0.4) is 0 Å². The topological polar surface area (TPSA) is 65.0 Å². The average Bonchev–Trinajstić information content (AvgIpc) is 2.35. The summed E-state index contributed by atoms with van der Waals surface area (Å²) in [5.74, 6) is 0.779. The van der Waals surface area contributed by atoms with E-state index in [2.05, 4.69) is 9.71 Å². The zero-order chi connectivity index (χ0) is 17.8. The van der Waals surface area contributed by atoms with Crippen LogP contribution in [0.5, 0.6) is 0 Å². The van der Waals surface area contributed by atoms with Gasteiger partial charge in [0, 0.05) is 33.7 Å². The highest BCUT2D eigenvalue weighted by molar-refractivity contribution is 14.0. The summed E-state index contributed by atoms with van der Waals surface area (Å²) in [7, 11) is 4.04. The highest BCUT2D eigenvalue weighted by Gasteiger charge is 2.24. The molecule has 0 aliphatic rings. The molecule has 0 aromatic heterocycles. The largest absolute Gasteiger partial charge is 0.349 e.